The molecule has 3 rings (SSSR count). The van der Waals surface area contributed by atoms with Gasteiger partial charge in [-0.25, -0.2) is 4.98 Å². The molecule has 1 aromatic heterocycles. The second kappa shape index (κ2) is 9.17. The maximum atomic E-state index is 13.3. The summed E-state index contributed by atoms with van der Waals surface area (Å²) in [7, 11) is 0. The molecule has 0 saturated heterocycles. The van der Waals surface area contributed by atoms with E-state index in [0.717, 1.165) is 22.3 Å². The first-order valence-electron chi connectivity index (χ1n) is 8.68. The van der Waals surface area contributed by atoms with Crippen molar-refractivity contribution in [2.45, 2.75) is 25.1 Å². The number of Topliss-reactive ketones (excluding diaryl/α,β-unsaturated/α-hetero) is 1. The number of aromatic nitrogens is 1. The lowest BCUT2D eigenvalue weighted by Gasteiger charge is -2.10. The molecule has 0 fully saturated rings. The molecule has 1 heterocycles. The largest absolute Gasteiger partial charge is 0.294 e. The third-order valence-electron chi connectivity index (χ3n) is 4.46. The number of carbonyl (C=O) groups excluding carboxylic acids is 1. The molecule has 0 aliphatic carbocycles. The van der Waals surface area contributed by atoms with E-state index < -0.39 is 5.95 Å². The van der Waals surface area contributed by atoms with E-state index >= 15 is 0 Å². The van der Waals surface area contributed by atoms with Gasteiger partial charge in [0.15, 0.2) is 5.78 Å². The minimum atomic E-state index is -0.518. The lowest BCUT2D eigenvalue weighted by molar-refractivity contribution is 0.0983. The number of hydrogen-bond acceptors (Lipinski definition) is 2. The van der Waals surface area contributed by atoms with E-state index in [1.807, 2.05) is 24.3 Å². The Kier molecular flexibility index (Phi) is 6.86. The zero-order valence-electron chi connectivity index (χ0n) is 15.1. The quantitative estimate of drug-likeness (QED) is 0.212. The maximum absolute atomic E-state index is 13.3. The van der Waals surface area contributed by atoms with E-state index in [-0.39, 0.29) is 5.78 Å². The van der Waals surface area contributed by atoms with Crippen LogP contribution in [0.5, 0.6) is 0 Å². The minimum absolute atomic E-state index is 0.0304. The number of hydrogen-bond donors (Lipinski definition) is 0. The van der Waals surface area contributed by atoms with Gasteiger partial charge < -0.3 is 0 Å². The van der Waals surface area contributed by atoms with Gasteiger partial charge in [0.2, 0.25) is 5.95 Å². The summed E-state index contributed by atoms with van der Waals surface area (Å²) in [5.41, 5.74) is 4.79. The summed E-state index contributed by atoms with van der Waals surface area (Å²) in [6.45, 7) is 1.75. The van der Waals surface area contributed by atoms with Gasteiger partial charge in [-0.05, 0) is 66.4 Å². The van der Waals surface area contributed by atoms with Crippen LogP contribution in [-0.4, -0.2) is 10.8 Å². The van der Waals surface area contributed by atoms with Crippen molar-refractivity contribution in [2.24, 2.45) is 0 Å². The lowest BCUT2D eigenvalue weighted by atomic mass is 9.95. The van der Waals surface area contributed by atoms with Crippen LogP contribution in [0.3, 0.4) is 0 Å². The molecule has 0 aliphatic rings. The first-order chi connectivity index (χ1) is 13.4. The third kappa shape index (κ3) is 4.99. The van der Waals surface area contributed by atoms with Crippen molar-refractivity contribution in [1.29, 1.82) is 0 Å². The third-order valence-corrected chi connectivity index (χ3v) is 5.84. The molecule has 0 radical (unpaired) electrons. The first-order valence-corrected chi connectivity index (χ1v) is 10.6. The van der Waals surface area contributed by atoms with Crippen LogP contribution in [0.15, 0.2) is 48.5 Å². The molecule has 2 aromatic carbocycles. The highest BCUT2D eigenvalue weighted by Gasteiger charge is 2.13. The Balaban J connectivity index is 1.86. The van der Waals surface area contributed by atoms with Gasteiger partial charge in [-0.1, -0.05) is 51.3 Å². The van der Waals surface area contributed by atoms with Crippen molar-refractivity contribution in [1.82, 2.24) is 4.98 Å². The van der Waals surface area contributed by atoms with E-state index in [1.54, 1.807) is 25.1 Å². The smallest absolute Gasteiger partial charge is 0.213 e. The molecular weight excluding hydrogens is 464 g/mol. The molecule has 0 amide bonds. The van der Waals surface area contributed by atoms with Crippen LogP contribution in [0.4, 0.5) is 4.39 Å². The number of rotatable bonds is 6. The Morgan fingerprint density at radius 3 is 2.50 bits per heavy atom. The summed E-state index contributed by atoms with van der Waals surface area (Å²) in [5, 5.41) is 1.59. The molecule has 28 heavy (non-hydrogen) atoms. The first kappa shape index (κ1) is 21.0. The summed E-state index contributed by atoms with van der Waals surface area (Å²) < 4.78 is 13.3. The molecule has 0 aliphatic heterocycles. The predicted molar refractivity (Wildman–Crippen MR) is 116 cm³/mol. The van der Waals surface area contributed by atoms with E-state index in [0.29, 0.717) is 39.5 Å². The van der Waals surface area contributed by atoms with E-state index in [4.69, 9.17) is 23.2 Å². The Morgan fingerprint density at radius 1 is 1.04 bits per heavy atom. The zero-order valence-corrected chi connectivity index (χ0v) is 18.2. The highest BCUT2D eigenvalue weighted by molar-refractivity contribution is 9.08. The van der Waals surface area contributed by atoms with Gasteiger partial charge in [0.25, 0.3) is 0 Å². The fourth-order valence-electron chi connectivity index (χ4n) is 3.02. The van der Waals surface area contributed by atoms with E-state index in [9.17, 15) is 9.18 Å². The van der Waals surface area contributed by atoms with E-state index in [2.05, 4.69) is 20.9 Å². The van der Waals surface area contributed by atoms with Gasteiger partial charge in [0, 0.05) is 28.6 Å². The van der Waals surface area contributed by atoms with Crippen molar-refractivity contribution in [3.63, 3.8) is 0 Å². The molecule has 3 aromatic rings. The number of carbonyl (C=O) groups is 1. The highest BCUT2D eigenvalue weighted by atomic mass is 79.9. The van der Waals surface area contributed by atoms with Gasteiger partial charge in [-0.2, -0.15) is 4.39 Å². The normalized spacial score (nSPS) is 10.9. The molecule has 2 nitrogen and oxygen atoms in total. The molecule has 0 spiro atoms. The fraction of sp³-hybridized carbons (Fsp3) is 0.182. The number of pyridine rings is 1. The Labute approximate surface area is 181 Å². The molecular formula is C22H17BrCl2FNO. The van der Waals surface area contributed by atoms with Crippen LogP contribution in [0, 0.1) is 12.9 Å². The van der Waals surface area contributed by atoms with Crippen molar-refractivity contribution < 1.29 is 9.18 Å². The van der Waals surface area contributed by atoms with Crippen molar-refractivity contribution in [3.05, 3.63) is 86.9 Å². The summed E-state index contributed by atoms with van der Waals surface area (Å²) in [6, 6.07) is 14.1. The summed E-state index contributed by atoms with van der Waals surface area (Å²) in [6.07, 6.45) is 0.921. The van der Waals surface area contributed by atoms with Gasteiger partial charge >= 0.3 is 0 Å². The lowest BCUT2D eigenvalue weighted by Crippen LogP contribution is -2.03. The maximum Gasteiger partial charge on any atom is 0.213 e. The van der Waals surface area contributed by atoms with Crippen LogP contribution in [0.25, 0.3) is 11.1 Å². The van der Waals surface area contributed by atoms with Crippen molar-refractivity contribution in [2.75, 3.05) is 0 Å². The number of ketones is 1. The molecule has 0 bridgehead atoms. The van der Waals surface area contributed by atoms with Crippen LogP contribution < -0.4 is 0 Å². The second-order valence-electron chi connectivity index (χ2n) is 6.49. The summed E-state index contributed by atoms with van der Waals surface area (Å²) in [4.78, 5) is 16.7. The molecule has 144 valence electrons. The minimum Gasteiger partial charge on any atom is -0.294 e. The number of halogens is 4. The fourth-order valence-corrected chi connectivity index (χ4v) is 3.66. The number of benzene rings is 2. The van der Waals surface area contributed by atoms with Crippen LogP contribution in [-0.2, 0) is 11.8 Å². The zero-order chi connectivity index (χ0) is 20.3. The van der Waals surface area contributed by atoms with Crippen LogP contribution >= 0.6 is 39.1 Å². The molecule has 0 unspecified atom stereocenters. The van der Waals surface area contributed by atoms with Crippen LogP contribution in [0.1, 0.15) is 33.6 Å². The molecule has 0 saturated carbocycles. The summed E-state index contributed by atoms with van der Waals surface area (Å²) in [5.74, 6) is -0.487. The van der Waals surface area contributed by atoms with E-state index in [1.165, 1.54) is 6.07 Å². The average Bonchev–Trinajstić information content (AvgIpc) is 2.68. The number of aryl methyl sites for hydroxylation is 2. The van der Waals surface area contributed by atoms with Gasteiger partial charge in [-0.15, -0.1) is 0 Å². The van der Waals surface area contributed by atoms with Crippen molar-refractivity contribution >= 4 is 44.9 Å². The monoisotopic (exact) mass is 479 g/mol. The Hall–Kier alpha value is -1.75. The van der Waals surface area contributed by atoms with Gasteiger partial charge in [0.1, 0.15) is 0 Å². The molecule has 0 atom stereocenters. The SMILES string of the molecule is Cc1nc(F)ccc1-c1cc(CBr)cc(C(=O)CCc2ccc(Cl)c(Cl)c2)c1. The van der Waals surface area contributed by atoms with Gasteiger partial charge in [0.05, 0.1) is 10.0 Å². The molecule has 6 heteroatoms. The number of alkyl halides is 1. The number of nitrogens with zero attached hydrogens (tertiary/aromatic N) is 1. The average molecular weight is 481 g/mol. The van der Waals surface area contributed by atoms with Crippen molar-refractivity contribution in [3.8, 4) is 11.1 Å². The topological polar surface area (TPSA) is 30.0 Å². The Morgan fingerprint density at radius 2 is 1.82 bits per heavy atom. The molecule has 0 N–H and O–H groups in total. The van der Waals surface area contributed by atoms with Crippen LogP contribution in [0.2, 0.25) is 10.0 Å². The second-order valence-corrected chi connectivity index (χ2v) is 7.87. The standard InChI is InChI=1S/C22H17BrCl2FNO/c1-13-18(4-7-22(26)27-13)16-8-15(12-23)9-17(11-16)21(28)6-3-14-2-5-19(24)20(25)10-14/h2,4-5,7-11H,3,6,12H2,1H3. The highest BCUT2D eigenvalue weighted by Crippen LogP contribution is 2.27. The predicted octanol–water partition coefficient (Wildman–Crippen LogP) is 7.21. The summed E-state index contributed by atoms with van der Waals surface area (Å²) >= 11 is 15.4. The Bertz CT molecular complexity index is 1040. The van der Waals surface area contributed by atoms with Gasteiger partial charge in [-0.3, -0.25) is 4.79 Å².